The zero-order chi connectivity index (χ0) is 18.9. The maximum atomic E-state index is 13.1. The molecule has 7 heteroatoms. The average molecular weight is 390 g/mol. The number of rotatable bonds is 4. The van der Waals surface area contributed by atoms with Crippen LogP contribution in [0, 0.1) is 0 Å². The molecule has 1 amide bonds. The van der Waals surface area contributed by atoms with E-state index in [0.29, 0.717) is 10.4 Å². The minimum absolute atomic E-state index is 0.0470. The van der Waals surface area contributed by atoms with E-state index in [2.05, 4.69) is 12.2 Å². The third-order valence-corrected chi connectivity index (χ3v) is 5.90. The largest absolute Gasteiger partial charge is 0.351 e. The second kappa shape index (κ2) is 7.48. The Balaban J connectivity index is 1.96. The first-order chi connectivity index (χ1) is 12.2. The number of fused-ring (bicyclic) bond motifs is 1. The van der Waals surface area contributed by atoms with E-state index in [4.69, 9.17) is 4.98 Å². The third-order valence-electron chi connectivity index (χ3n) is 3.74. The molecule has 0 aliphatic carbocycles. The first-order valence-electron chi connectivity index (χ1n) is 8.56. The summed E-state index contributed by atoms with van der Waals surface area (Å²) >= 11 is 2.89. The van der Waals surface area contributed by atoms with Gasteiger partial charge in [-0.15, -0.1) is 11.8 Å². The molecule has 0 radical (unpaired) electrons. The molecule has 26 heavy (non-hydrogen) atoms. The molecule has 2 heterocycles. The van der Waals surface area contributed by atoms with Crippen LogP contribution in [0.25, 0.3) is 5.69 Å². The van der Waals surface area contributed by atoms with Crippen LogP contribution in [-0.4, -0.2) is 32.0 Å². The molecule has 1 aromatic carbocycles. The first-order valence-corrected chi connectivity index (χ1v) is 10.4. The fraction of sp³-hybridized carbons (Fsp3) is 0.421. The lowest BCUT2D eigenvalue weighted by molar-refractivity contribution is -0.119. The zero-order valence-electron chi connectivity index (χ0n) is 15.4. The molecule has 2 aromatic rings. The number of para-hydroxylation sites is 1. The lowest BCUT2D eigenvalue weighted by atomic mass is 10.1. The number of hydrogen-bond donors (Lipinski definition) is 1. The maximum Gasteiger partial charge on any atom is 0.272 e. The van der Waals surface area contributed by atoms with Crippen LogP contribution in [0.4, 0.5) is 0 Å². The van der Waals surface area contributed by atoms with Gasteiger partial charge in [0.25, 0.3) is 5.56 Å². The fourth-order valence-electron chi connectivity index (χ4n) is 2.79. The van der Waals surface area contributed by atoms with E-state index in [0.717, 1.165) is 22.7 Å². The number of carbonyl (C=O) groups excluding carboxylic acids is 1. The molecule has 1 aliphatic heterocycles. The summed E-state index contributed by atoms with van der Waals surface area (Å²) in [5, 5.41) is 3.86. The highest BCUT2D eigenvalue weighted by atomic mass is 32.2. The molecular formula is C19H23N3O2S2. The molecule has 3 rings (SSSR count). The van der Waals surface area contributed by atoms with E-state index in [1.54, 1.807) is 16.3 Å². The first kappa shape index (κ1) is 19.0. The van der Waals surface area contributed by atoms with Crippen LogP contribution in [0.2, 0.25) is 0 Å². The van der Waals surface area contributed by atoms with Gasteiger partial charge in [0, 0.05) is 17.2 Å². The summed E-state index contributed by atoms with van der Waals surface area (Å²) in [6.45, 7) is 7.94. The van der Waals surface area contributed by atoms with Crippen LogP contribution in [-0.2, 0) is 11.2 Å². The van der Waals surface area contributed by atoms with Crippen molar-refractivity contribution in [3.8, 4) is 5.69 Å². The zero-order valence-corrected chi connectivity index (χ0v) is 17.0. The molecule has 138 valence electrons. The number of aromatic nitrogens is 2. The third kappa shape index (κ3) is 4.32. The Morgan fingerprint density at radius 2 is 2.04 bits per heavy atom. The van der Waals surface area contributed by atoms with Crippen molar-refractivity contribution in [3.63, 3.8) is 0 Å². The minimum atomic E-state index is -0.284. The Kier molecular flexibility index (Phi) is 5.48. The number of hydrogen-bond acceptors (Lipinski definition) is 5. The molecule has 1 aliphatic rings. The van der Waals surface area contributed by atoms with Crippen LogP contribution in [0.5, 0.6) is 0 Å². The number of thioether (sulfide) groups is 2. The average Bonchev–Trinajstić information content (AvgIpc) is 2.93. The van der Waals surface area contributed by atoms with Crippen molar-refractivity contribution in [2.45, 2.75) is 55.0 Å². The molecule has 1 atom stereocenters. The van der Waals surface area contributed by atoms with Crippen molar-refractivity contribution in [1.29, 1.82) is 0 Å². The van der Waals surface area contributed by atoms with Crippen LogP contribution in [0.15, 0.2) is 45.2 Å². The second-order valence-electron chi connectivity index (χ2n) is 7.37. The summed E-state index contributed by atoms with van der Waals surface area (Å²) in [6.07, 6.45) is 0.784. The Bertz CT molecular complexity index is 873. The van der Waals surface area contributed by atoms with Gasteiger partial charge in [0.1, 0.15) is 0 Å². The van der Waals surface area contributed by atoms with Crippen LogP contribution in [0.3, 0.4) is 0 Å². The van der Waals surface area contributed by atoms with Crippen molar-refractivity contribution in [1.82, 2.24) is 14.9 Å². The normalized spacial score (nSPS) is 16.4. The van der Waals surface area contributed by atoms with Crippen LogP contribution >= 0.6 is 23.5 Å². The molecule has 0 bridgehead atoms. The Hall–Kier alpha value is -1.73. The molecule has 0 saturated carbocycles. The minimum Gasteiger partial charge on any atom is -0.351 e. The smallest absolute Gasteiger partial charge is 0.272 e. The van der Waals surface area contributed by atoms with E-state index in [-0.39, 0.29) is 22.8 Å². The molecule has 1 unspecified atom stereocenters. The molecule has 0 spiro atoms. The van der Waals surface area contributed by atoms with Crippen molar-refractivity contribution in [2.24, 2.45) is 0 Å². The molecule has 5 nitrogen and oxygen atoms in total. The van der Waals surface area contributed by atoms with Gasteiger partial charge < -0.3 is 5.32 Å². The van der Waals surface area contributed by atoms with Gasteiger partial charge in [-0.25, -0.2) is 4.98 Å². The summed E-state index contributed by atoms with van der Waals surface area (Å²) in [5.41, 5.74) is 1.29. The topological polar surface area (TPSA) is 64.0 Å². The van der Waals surface area contributed by atoms with E-state index >= 15 is 0 Å². The maximum absolute atomic E-state index is 13.1. The molecular weight excluding hydrogens is 366 g/mol. The van der Waals surface area contributed by atoms with Crippen molar-refractivity contribution >= 4 is 29.4 Å². The van der Waals surface area contributed by atoms with Gasteiger partial charge in [0.05, 0.1) is 22.0 Å². The van der Waals surface area contributed by atoms with Crippen molar-refractivity contribution < 1.29 is 4.79 Å². The number of amides is 1. The van der Waals surface area contributed by atoms with Gasteiger partial charge in [0.15, 0.2) is 5.16 Å². The number of benzene rings is 1. The Morgan fingerprint density at radius 1 is 1.35 bits per heavy atom. The highest BCUT2D eigenvalue weighted by molar-refractivity contribution is 8.00. The SMILES string of the molecule is CC1Cc2nc(SCC(=O)NC(C)(C)C)n(-c3ccccc3)c(=O)c2S1. The molecule has 0 fully saturated rings. The second-order valence-corrected chi connectivity index (χ2v) is 9.76. The summed E-state index contributed by atoms with van der Waals surface area (Å²) in [7, 11) is 0. The van der Waals surface area contributed by atoms with Gasteiger partial charge in [-0.3, -0.25) is 14.2 Å². The van der Waals surface area contributed by atoms with Crippen molar-refractivity contribution in [2.75, 3.05) is 5.75 Å². The molecule has 1 N–H and O–H groups in total. The number of nitrogens with one attached hydrogen (secondary N) is 1. The van der Waals surface area contributed by atoms with Gasteiger partial charge in [0.2, 0.25) is 5.91 Å². The van der Waals surface area contributed by atoms with E-state index in [1.165, 1.54) is 11.8 Å². The van der Waals surface area contributed by atoms with Crippen molar-refractivity contribution in [3.05, 3.63) is 46.4 Å². The summed E-state index contributed by atoms with van der Waals surface area (Å²) < 4.78 is 1.62. The van der Waals surface area contributed by atoms with Gasteiger partial charge in [-0.05, 0) is 32.9 Å². The lowest BCUT2D eigenvalue weighted by Gasteiger charge is -2.20. The predicted octanol–water partition coefficient (Wildman–Crippen LogP) is 3.28. The van der Waals surface area contributed by atoms with Gasteiger partial charge >= 0.3 is 0 Å². The standard InChI is InChI=1S/C19H23N3O2S2/c1-12-10-14-16(26-12)17(24)22(13-8-6-5-7-9-13)18(20-14)25-11-15(23)21-19(2,3)4/h5-9,12H,10-11H2,1-4H3,(H,21,23). The number of nitrogens with zero attached hydrogens (tertiary/aromatic N) is 2. The predicted molar refractivity (Wildman–Crippen MR) is 107 cm³/mol. The highest BCUT2D eigenvalue weighted by Gasteiger charge is 2.27. The fourth-order valence-corrected chi connectivity index (χ4v) is 4.71. The molecule has 0 saturated heterocycles. The lowest BCUT2D eigenvalue weighted by Crippen LogP contribution is -2.41. The van der Waals surface area contributed by atoms with Gasteiger partial charge in [-0.1, -0.05) is 36.9 Å². The van der Waals surface area contributed by atoms with E-state index in [9.17, 15) is 9.59 Å². The van der Waals surface area contributed by atoms with E-state index in [1.807, 2.05) is 51.1 Å². The Labute approximate surface area is 162 Å². The van der Waals surface area contributed by atoms with Gasteiger partial charge in [-0.2, -0.15) is 0 Å². The number of carbonyl (C=O) groups is 1. The summed E-state index contributed by atoms with van der Waals surface area (Å²) in [4.78, 5) is 30.7. The highest BCUT2D eigenvalue weighted by Crippen LogP contribution is 2.34. The van der Waals surface area contributed by atoms with Crippen LogP contribution < -0.4 is 10.9 Å². The quantitative estimate of drug-likeness (QED) is 0.642. The van der Waals surface area contributed by atoms with Crippen LogP contribution in [0.1, 0.15) is 33.4 Å². The monoisotopic (exact) mass is 389 g/mol. The summed E-state index contributed by atoms with van der Waals surface area (Å²) in [6, 6.07) is 9.47. The summed E-state index contributed by atoms with van der Waals surface area (Å²) in [5.74, 6) is 0.150. The molecule has 1 aromatic heterocycles. The van der Waals surface area contributed by atoms with E-state index < -0.39 is 0 Å². The Morgan fingerprint density at radius 3 is 2.69 bits per heavy atom.